The average Bonchev–Trinajstić information content (AvgIpc) is 3.35. The smallest absolute Gasteiger partial charge is 0.250 e. The number of halogens is 1. The van der Waals surface area contributed by atoms with Gasteiger partial charge in [0.2, 0.25) is 0 Å². The lowest BCUT2D eigenvalue weighted by atomic mass is 10.2. The Morgan fingerprint density at radius 1 is 1.23 bits per heavy atom. The SMILES string of the molecule is COc1ccccc1Cn1c(-c2csc(Nc3ccc(Cl)cc3)n2)cc(C(N)=O)c1C. The highest BCUT2D eigenvalue weighted by molar-refractivity contribution is 7.14. The van der Waals surface area contributed by atoms with E-state index in [1.54, 1.807) is 13.2 Å². The summed E-state index contributed by atoms with van der Waals surface area (Å²) in [5, 5.41) is 6.65. The van der Waals surface area contributed by atoms with Gasteiger partial charge in [-0.1, -0.05) is 29.8 Å². The molecular weight excluding hydrogens is 432 g/mol. The number of benzene rings is 2. The standard InChI is InChI=1S/C23H21ClN4O2S/c1-14-18(22(25)29)11-20(28(14)12-15-5-3-4-6-21(15)30-2)19-13-31-23(27-19)26-17-9-7-16(24)8-10-17/h3-11,13H,12H2,1-2H3,(H2,25,29)(H,26,27). The Bertz CT molecular complexity index is 1230. The van der Waals surface area contributed by atoms with E-state index in [4.69, 9.17) is 27.1 Å². The van der Waals surface area contributed by atoms with Gasteiger partial charge < -0.3 is 20.4 Å². The van der Waals surface area contributed by atoms with Crippen LogP contribution in [0.4, 0.5) is 10.8 Å². The minimum atomic E-state index is -0.465. The molecule has 0 aliphatic carbocycles. The number of carbonyl (C=O) groups is 1. The van der Waals surface area contributed by atoms with Crippen LogP contribution in [-0.2, 0) is 6.54 Å². The van der Waals surface area contributed by atoms with Crippen molar-refractivity contribution in [3.63, 3.8) is 0 Å². The minimum absolute atomic E-state index is 0.465. The second kappa shape index (κ2) is 8.83. The molecule has 0 saturated heterocycles. The van der Waals surface area contributed by atoms with Crippen LogP contribution in [0.5, 0.6) is 5.75 Å². The van der Waals surface area contributed by atoms with Crippen molar-refractivity contribution in [3.05, 3.63) is 81.8 Å². The summed E-state index contributed by atoms with van der Waals surface area (Å²) in [7, 11) is 1.65. The van der Waals surface area contributed by atoms with Gasteiger partial charge in [-0.15, -0.1) is 11.3 Å². The quantitative estimate of drug-likeness (QED) is 0.389. The van der Waals surface area contributed by atoms with Crippen molar-refractivity contribution in [1.82, 2.24) is 9.55 Å². The number of carbonyl (C=O) groups excluding carboxylic acids is 1. The molecule has 4 rings (SSSR count). The van der Waals surface area contributed by atoms with Crippen molar-refractivity contribution in [2.45, 2.75) is 13.5 Å². The zero-order chi connectivity index (χ0) is 22.0. The van der Waals surface area contributed by atoms with E-state index in [0.29, 0.717) is 17.1 Å². The molecule has 31 heavy (non-hydrogen) atoms. The Kier molecular flexibility index (Phi) is 5.97. The van der Waals surface area contributed by atoms with Crippen molar-refractivity contribution in [1.29, 1.82) is 0 Å². The summed E-state index contributed by atoms with van der Waals surface area (Å²) in [4.78, 5) is 16.7. The highest BCUT2D eigenvalue weighted by Gasteiger charge is 2.20. The van der Waals surface area contributed by atoms with Gasteiger partial charge in [-0.25, -0.2) is 4.98 Å². The molecule has 6 nitrogen and oxygen atoms in total. The summed E-state index contributed by atoms with van der Waals surface area (Å²) in [5.41, 5.74) is 10.4. The molecule has 0 radical (unpaired) electrons. The zero-order valence-electron chi connectivity index (χ0n) is 17.1. The number of methoxy groups -OCH3 is 1. The van der Waals surface area contributed by atoms with Gasteiger partial charge in [0.05, 0.1) is 30.6 Å². The second-order valence-corrected chi connectivity index (χ2v) is 8.26. The summed E-state index contributed by atoms with van der Waals surface area (Å²) < 4.78 is 7.54. The Balaban J connectivity index is 1.71. The van der Waals surface area contributed by atoms with Crippen molar-refractivity contribution in [2.24, 2.45) is 5.73 Å². The predicted molar refractivity (Wildman–Crippen MR) is 126 cm³/mol. The van der Waals surface area contributed by atoms with Crippen LogP contribution in [0.3, 0.4) is 0 Å². The van der Waals surface area contributed by atoms with Crippen LogP contribution in [0.15, 0.2) is 60.0 Å². The number of anilines is 2. The number of primary amides is 1. The lowest BCUT2D eigenvalue weighted by molar-refractivity contribution is 0.0999. The summed E-state index contributed by atoms with van der Waals surface area (Å²) in [5.74, 6) is 0.317. The van der Waals surface area contributed by atoms with Gasteiger partial charge in [0.25, 0.3) is 5.91 Å². The first kappa shape index (κ1) is 21.0. The normalized spacial score (nSPS) is 10.8. The molecule has 2 aromatic heterocycles. The molecule has 0 saturated carbocycles. The molecule has 8 heteroatoms. The van der Waals surface area contributed by atoms with Gasteiger partial charge in [0.15, 0.2) is 5.13 Å². The van der Waals surface area contributed by atoms with E-state index in [1.165, 1.54) is 11.3 Å². The van der Waals surface area contributed by atoms with Gasteiger partial charge >= 0.3 is 0 Å². The maximum atomic E-state index is 12.0. The maximum absolute atomic E-state index is 12.0. The molecule has 0 aliphatic heterocycles. The fourth-order valence-corrected chi connectivity index (χ4v) is 4.27. The molecule has 0 fully saturated rings. The second-order valence-electron chi connectivity index (χ2n) is 6.96. The molecule has 0 aliphatic rings. The highest BCUT2D eigenvalue weighted by Crippen LogP contribution is 2.32. The maximum Gasteiger partial charge on any atom is 0.250 e. The Morgan fingerprint density at radius 3 is 2.68 bits per heavy atom. The van der Waals surface area contributed by atoms with Gasteiger partial charge in [-0.05, 0) is 43.3 Å². The number of hydrogen-bond donors (Lipinski definition) is 2. The molecule has 0 atom stereocenters. The number of amides is 1. The van der Waals surface area contributed by atoms with Crippen molar-refractivity contribution < 1.29 is 9.53 Å². The summed E-state index contributed by atoms with van der Waals surface area (Å²) in [6.07, 6.45) is 0. The van der Waals surface area contributed by atoms with Crippen molar-refractivity contribution in [3.8, 4) is 17.1 Å². The molecule has 0 bridgehead atoms. The largest absolute Gasteiger partial charge is 0.496 e. The number of thiazole rings is 1. The third-order valence-electron chi connectivity index (χ3n) is 5.02. The predicted octanol–water partition coefficient (Wildman–Crippen LogP) is 5.47. The van der Waals surface area contributed by atoms with Crippen LogP contribution in [-0.4, -0.2) is 22.6 Å². The number of aromatic nitrogens is 2. The molecular formula is C23H21ClN4O2S. The number of nitrogens with zero attached hydrogens (tertiary/aromatic N) is 2. The minimum Gasteiger partial charge on any atom is -0.496 e. The number of para-hydroxylation sites is 1. The molecule has 2 heterocycles. The van der Waals surface area contributed by atoms with E-state index in [1.807, 2.05) is 65.4 Å². The van der Waals surface area contributed by atoms with Crippen LogP contribution in [0.25, 0.3) is 11.4 Å². The topological polar surface area (TPSA) is 82.2 Å². The number of nitrogens with two attached hydrogens (primary N) is 1. The van der Waals surface area contributed by atoms with Crippen molar-refractivity contribution >= 4 is 39.7 Å². The zero-order valence-corrected chi connectivity index (χ0v) is 18.6. The first-order chi connectivity index (χ1) is 15.0. The molecule has 1 amide bonds. The fourth-order valence-electron chi connectivity index (χ4n) is 3.42. The third-order valence-corrected chi connectivity index (χ3v) is 6.02. The van der Waals surface area contributed by atoms with E-state index in [9.17, 15) is 4.79 Å². The van der Waals surface area contributed by atoms with Crippen molar-refractivity contribution in [2.75, 3.05) is 12.4 Å². The molecule has 158 valence electrons. The molecule has 0 spiro atoms. The van der Waals surface area contributed by atoms with Gasteiger partial charge in [0.1, 0.15) is 5.75 Å². The molecule has 0 unspecified atom stereocenters. The van der Waals surface area contributed by atoms with Crippen LogP contribution in [0.2, 0.25) is 5.02 Å². The summed E-state index contributed by atoms with van der Waals surface area (Å²) in [6, 6.07) is 17.0. The Hall–Kier alpha value is -3.29. The Labute approximate surface area is 189 Å². The molecule has 4 aromatic rings. The van der Waals surface area contributed by atoms with Crippen LogP contribution >= 0.6 is 22.9 Å². The van der Waals surface area contributed by atoms with Crippen LogP contribution in [0.1, 0.15) is 21.6 Å². The summed E-state index contributed by atoms with van der Waals surface area (Å²) in [6.45, 7) is 2.41. The Morgan fingerprint density at radius 2 is 1.97 bits per heavy atom. The van der Waals surface area contributed by atoms with E-state index >= 15 is 0 Å². The lowest BCUT2D eigenvalue weighted by Crippen LogP contribution is -2.13. The van der Waals surface area contributed by atoms with Crippen LogP contribution in [0, 0.1) is 6.92 Å². The van der Waals surface area contributed by atoms with E-state index in [-0.39, 0.29) is 0 Å². The van der Waals surface area contributed by atoms with Gasteiger partial charge in [0, 0.05) is 27.3 Å². The van der Waals surface area contributed by atoms with E-state index in [2.05, 4.69) is 5.32 Å². The number of nitrogens with one attached hydrogen (secondary N) is 1. The monoisotopic (exact) mass is 452 g/mol. The van der Waals surface area contributed by atoms with E-state index < -0.39 is 5.91 Å². The fraction of sp³-hybridized carbons (Fsp3) is 0.130. The summed E-state index contributed by atoms with van der Waals surface area (Å²) >= 11 is 7.44. The first-order valence-corrected chi connectivity index (χ1v) is 10.8. The van der Waals surface area contributed by atoms with Gasteiger partial charge in [-0.3, -0.25) is 4.79 Å². The number of ether oxygens (including phenoxy) is 1. The van der Waals surface area contributed by atoms with E-state index in [0.717, 1.165) is 39.2 Å². The molecule has 2 aromatic carbocycles. The van der Waals surface area contributed by atoms with Crippen LogP contribution < -0.4 is 15.8 Å². The third kappa shape index (κ3) is 4.42. The average molecular weight is 453 g/mol. The number of hydrogen-bond acceptors (Lipinski definition) is 5. The number of rotatable bonds is 7. The molecule has 3 N–H and O–H groups in total. The first-order valence-electron chi connectivity index (χ1n) is 9.56. The lowest BCUT2D eigenvalue weighted by Gasteiger charge is -2.13. The highest BCUT2D eigenvalue weighted by atomic mass is 35.5. The van der Waals surface area contributed by atoms with Gasteiger partial charge in [-0.2, -0.15) is 0 Å².